The molecule has 1 saturated heterocycles. The summed E-state index contributed by atoms with van der Waals surface area (Å²) in [4.78, 5) is 30.8. The standard InChI is InChI=1S/C23H26N8O4/c1-33-16-9-13(10-17(34-2)19(16)35-3)30-11-18(26-12-30)27-23-28-21-14(6-7-25-21)22(29-23)31-8-4-5-15(31)20(24)32/h6-7,9-12,15H,4-5,8H2,1-3H3,(H2,24,32)(H2,25,27,28,29)/t15-/m0/s1. The van der Waals surface area contributed by atoms with Gasteiger partial charge >= 0.3 is 0 Å². The first kappa shape index (κ1) is 22.3. The molecular formula is C23H26N8O4. The molecule has 182 valence electrons. The van der Waals surface area contributed by atoms with Gasteiger partial charge in [-0.05, 0) is 18.9 Å². The summed E-state index contributed by atoms with van der Waals surface area (Å²) in [5.41, 5.74) is 7.05. The van der Waals surface area contributed by atoms with E-state index in [9.17, 15) is 4.79 Å². The summed E-state index contributed by atoms with van der Waals surface area (Å²) in [6.07, 6.45) is 6.81. The summed E-state index contributed by atoms with van der Waals surface area (Å²) in [6.45, 7) is 0.695. The Morgan fingerprint density at radius 1 is 1.17 bits per heavy atom. The Balaban J connectivity index is 1.47. The van der Waals surface area contributed by atoms with Gasteiger partial charge in [0, 0.05) is 24.9 Å². The maximum absolute atomic E-state index is 12.0. The number of benzene rings is 1. The number of nitrogens with one attached hydrogen (secondary N) is 2. The van der Waals surface area contributed by atoms with Crippen LogP contribution >= 0.6 is 0 Å². The third kappa shape index (κ3) is 4.03. The van der Waals surface area contributed by atoms with E-state index in [0.29, 0.717) is 53.4 Å². The number of primary amides is 1. The highest BCUT2D eigenvalue weighted by molar-refractivity contribution is 5.92. The lowest BCUT2D eigenvalue weighted by atomic mass is 10.2. The number of hydrogen-bond acceptors (Lipinski definition) is 9. The lowest BCUT2D eigenvalue weighted by Gasteiger charge is -2.24. The SMILES string of the molecule is COc1cc(-n2cnc(Nc3nc(N4CCC[C@H]4C(N)=O)c4cc[nH]c4n3)c2)cc(OC)c1OC. The number of hydrogen-bond donors (Lipinski definition) is 3. The van der Waals surface area contributed by atoms with E-state index in [4.69, 9.17) is 24.9 Å². The van der Waals surface area contributed by atoms with Gasteiger partial charge < -0.3 is 39.7 Å². The number of ether oxygens (including phenoxy) is 3. The van der Waals surface area contributed by atoms with Crippen LogP contribution < -0.4 is 30.2 Å². The number of H-pyrrole nitrogens is 1. The molecule has 1 aliphatic heterocycles. The van der Waals surface area contributed by atoms with E-state index >= 15 is 0 Å². The van der Waals surface area contributed by atoms with E-state index in [2.05, 4.69) is 20.3 Å². The number of fused-ring (bicyclic) bond motifs is 1. The van der Waals surface area contributed by atoms with Crippen LogP contribution in [0.1, 0.15) is 12.8 Å². The first-order valence-corrected chi connectivity index (χ1v) is 11.0. The van der Waals surface area contributed by atoms with E-state index in [1.54, 1.807) is 40.1 Å². The van der Waals surface area contributed by atoms with Gasteiger partial charge in [0.05, 0.1) is 38.6 Å². The number of aromatic amines is 1. The lowest BCUT2D eigenvalue weighted by molar-refractivity contribution is -0.119. The first-order chi connectivity index (χ1) is 17.0. The topological polar surface area (TPSA) is 145 Å². The molecule has 1 aromatic carbocycles. The molecule has 0 radical (unpaired) electrons. The maximum atomic E-state index is 12.0. The summed E-state index contributed by atoms with van der Waals surface area (Å²) in [5.74, 6) is 2.75. The molecule has 12 heteroatoms. The third-order valence-corrected chi connectivity index (χ3v) is 6.02. The van der Waals surface area contributed by atoms with Crippen molar-refractivity contribution in [1.82, 2.24) is 24.5 Å². The second-order valence-corrected chi connectivity index (χ2v) is 8.04. The highest BCUT2D eigenvalue weighted by atomic mass is 16.5. The quantitative estimate of drug-likeness (QED) is 0.347. The molecule has 4 aromatic rings. The molecule has 5 rings (SSSR count). The smallest absolute Gasteiger partial charge is 0.240 e. The van der Waals surface area contributed by atoms with Crippen LogP contribution in [0.25, 0.3) is 16.7 Å². The molecule has 0 spiro atoms. The largest absolute Gasteiger partial charge is 0.493 e. The molecule has 0 bridgehead atoms. The van der Waals surface area contributed by atoms with Crippen LogP contribution in [0.4, 0.5) is 17.6 Å². The highest BCUT2D eigenvalue weighted by Crippen LogP contribution is 2.39. The molecule has 4 N–H and O–H groups in total. The van der Waals surface area contributed by atoms with E-state index < -0.39 is 6.04 Å². The van der Waals surface area contributed by atoms with Gasteiger partial charge in [0.2, 0.25) is 17.6 Å². The number of carbonyl (C=O) groups excluding carboxylic acids is 1. The van der Waals surface area contributed by atoms with Crippen LogP contribution in [0.2, 0.25) is 0 Å². The van der Waals surface area contributed by atoms with Gasteiger partial charge in [-0.25, -0.2) is 4.98 Å². The number of imidazole rings is 1. The second kappa shape index (κ2) is 9.05. The first-order valence-electron chi connectivity index (χ1n) is 11.0. The van der Waals surface area contributed by atoms with E-state index in [-0.39, 0.29) is 5.91 Å². The van der Waals surface area contributed by atoms with Crippen LogP contribution in [0.15, 0.2) is 36.9 Å². The molecule has 1 atom stereocenters. The van der Waals surface area contributed by atoms with Gasteiger partial charge in [0.15, 0.2) is 17.3 Å². The molecule has 35 heavy (non-hydrogen) atoms. The van der Waals surface area contributed by atoms with Gasteiger partial charge in [0.25, 0.3) is 0 Å². The number of carbonyl (C=O) groups is 1. The number of methoxy groups -OCH3 is 3. The third-order valence-electron chi connectivity index (χ3n) is 6.02. The van der Waals surface area contributed by atoms with Crippen molar-refractivity contribution in [3.63, 3.8) is 0 Å². The summed E-state index contributed by atoms with van der Waals surface area (Å²) in [6, 6.07) is 5.15. The highest BCUT2D eigenvalue weighted by Gasteiger charge is 2.31. The summed E-state index contributed by atoms with van der Waals surface area (Å²) in [7, 11) is 4.69. The van der Waals surface area contributed by atoms with Crippen molar-refractivity contribution in [2.75, 3.05) is 38.1 Å². The minimum absolute atomic E-state index is 0.347. The molecule has 4 heterocycles. The zero-order valence-electron chi connectivity index (χ0n) is 19.6. The fourth-order valence-corrected chi connectivity index (χ4v) is 4.38. The molecule has 1 fully saturated rings. The molecule has 1 aliphatic rings. The Labute approximate surface area is 201 Å². The summed E-state index contributed by atoms with van der Waals surface area (Å²) >= 11 is 0. The number of amides is 1. The number of rotatable bonds is 8. The van der Waals surface area contributed by atoms with Gasteiger partial charge in [-0.3, -0.25) is 4.79 Å². The number of nitrogens with two attached hydrogens (primary N) is 1. The summed E-state index contributed by atoms with van der Waals surface area (Å²) in [5, 5.41) is 3.99. The molecule has 0 saturated carbocycles. The zero-order chi connectivity index (χ0) is 24.5. The van der Waals surface area contributed by atoms with Crippen LogP contribution in [-0.4, -0.2) is 64.3 Å². The van der Waals surface area contributed by atoms with Crippen molar-refractivity contribution in [2.45, 2.75) is 18.9 Å². The minimum atomic E-state index is -0.393. The van der Waals surface area contributed by atoms with E-state index in [1.807, 2.05) is 27.7 Å². The van der Waals surface area contributed by atoms with Crippen LogP contribution in [0.3, 0.4) is 0 Å². The normalized spacial score (nSPS) is 15.4. The fraction of sp³-hybridized carbons (Fsp3) is 0.304. The van der Waals surface area contributed by atoms with Crippen LogP contribution in [0.5, 0.6) is 17.2 Å². The maximum Gasteiger partial charge on any atom is 0.240 e. The van der Waals surface area contributed by atoms with Crippen LogP contribution in [-0.2, 0) is 4.79 Å². The number of anilines is 3. The van der Waals surface area contributed by atoms with Crippen molar-refractivity contribution in [3.8, 4) is 22.9 Å². The molecule has 1 amide bonds. The van der Waals surface area contributed by atoms with Gasteiger partial charge in [-0.15, -0.1) is 0 Å². The predicted octanol–water partition coefficient (Wildman–Crippen LogP) is 2.37. The van der Waals surface area contributed by atoms with Crippen molar-refractivity contribution in [3.05, 3.63) is 36.9 Å². The Morgan fingerprint density at radius 3 is 2.63 bits per heavy atom. The molecular weight excluding hydrogens is 452 g/mol. The zero-order valence-corrected chi connectivity index (χ0v) is 19.6. The average Bonchev–Trinajstić information content (AvgIpc) is 3.63. The Hall–Kier alpha value is -4.48. The van der Waals surface area contributed by atoms with Crippen molar-refractivity contribution in [2.24, 2.45) is 5.73 Å². The van der Waals surface area contributed by atoms with Crippen molar-refractivity contribution < 1.29 is 19.0 Å². The Bertz CT molecular complexity index is 1360. The van der Waals surface area contributed by atoms with Crippen molar-refractivity contribution in [1.29, 1.82) is 0 Å². The van der Waals surface area contributed by atoms with Gasteiger partial charge in [-0.2, -0.15) is 9.97 Å². The average molecular weight is 479 g/mol. The minimum Gasteiger partial charge on any atom is -0.493 e. The summed E-state index contributed by atoms with van der Waals surface area (Å²) < 4.78 is 18.1. The van der Waals surface area contributed by atoms with Gasteiger partial charge in [0.1, 0.15) is 23.8 Å². The van der Waals surface area contributed by atoms with E-state index in [0.717, 1.165) is 17.5 Å². The van der Waals surface area contributed by atoms with Crippen LogP contribution in [0, 0.1) is 0 Å². The predicted molar refractivity (Wildman–Crippen MR) is 130 cm³/mol. The molecule has 12 nitrogen and oxygen atoms in total. The second-order valence-electron chi connectivity index (χ2n) is 8.04. The van der Waals surface area contributed by atoms with E-state index in [1.165, 1.54) is 0 Å². The Morgan fingerprint density at radius 2 is 1.94 bits per heavy atom. The molecule has 3 aromatic heterocycles. The number of aromatic nitrogens is 5. The Kier molecular flexibility index (Phi) is 5.77. The molecule has 0 aliphatic carbocycles. The molecule has 0 unspecified atom stereocenters. The van der Waals surface area contributed by atoms with Crippen molar-refractivity contribution >= 4 is 34.5 Å². The lowest BCUT2D eigenvalue weighted by Crippen LogP contribution is -2.40. The van der Waals surface area contributed by atoms with Gasteiger partial charge in [-0.1, -0.05) is 0 Å². The fourth-order valence-electron chi connectivity index (χ4n) is 4.38. The monoisotopic (exact) mass is 478 g/mol. The number of nitrogens with zero attached hydrogens (tertiary/aromatic N) is 5.